The average Bonchev–Trinajstić information content (AvgIpc) is 2.37. The summed E-state index contributed by atoms with van der Waals surface area (Å²) in [5.74, 6) is 0. The van der Waals surface area contributed by atoms with E-state index in [1.165, 1.54) is 0 Å². The van der Waals surface area contributed by atoms with Crippen LogP contribution in [-0.4, -0.2) is 34.0 Å². The number of likely N-dealkylation sites (N-methyl/N-ethyl adjacent to an activating group) is 1. The van der Waals surface area contributed by atoms with Gasteiger partial charge < -0.3 is 4.90 Å². The van der Waals surface area contributed by atoms with Crippen molar-refractivity contribution in [3.63, 3.8) is 0 Å². The highest BCUT2D eigenvalue weighted by Gasteiger charge is 2.29. The number of halogens is 1. The molecule has 16 heavy (non-hydrogen) atoms. The molecule has 86 valence electrons. The maximum Gasteiger partial charge on any atom is 0.204 e. The molecule has 2 rings (SSSR count). The number of rotatable bonds is 2. The first-order chi connectivity index (χ1) is 7.41. The van der Waals surface area contributed by atoms with Crippen LogP contribution in [0.15, 0.2) is 28.0 Å². The van der Waals surface area contributed by atoms with Crippen LogP contribution in [0.5, 0.6) is 0 Å². The Hall–Kier alpha value is -0.840. The number of hydrogen-bond acceptors (Lipinski definition) is 3. The summed E-state index contributed by atoms with van der Waals surface area (Å²) < 4.78 is 24.2. The van der Waals surface area contributed by atoms with Crippen LogP contribution in [0.4, 0.5) is 0 Å². The zero-order valence-corrected chi connectivity index (χ0v) is 10.6. The smallest absolute Gasteiger partial charge is 0.204 e. The molecular formula is C11H12ClNO2S. The maximum atomic E-state index is 12.1. The lowest BCUT2D eigenvalue weighted by atomic mass is 10.2. The molecule has 1 aliphatic heterocycles. The van der Waals surface area contributed by atoms with E-state index in [0.717, 1.165) is 0 Å². The first-order valence-electron chi connectivity index (χ1n) is 4.81. The van der Waals surface area contributed by atoms with Crippen molar-refractivity contribution in [1.29, 1.82) is 0 Å². The SMILES string of the molecule is CN(C)CC1=Cc2cc(Cl)ccc2S1(=O)=O. The molecule has 0 saturated carbocycles. The number of fused-ring (bicyclic) bond motifs is 1. The molecule has 0 amide bonds. The molecule has 3 nitrogen and oxygen atoms in total. The van der Waals surface area contributed by atoms with Crippen molar-refractivity contribution in [2.45, 2.75) is 4.90 Å². The van der Waals surface area contributed by atoms with Gasteiger partial charge in [0.25, 0.3) is 0 Å². The first kappa shape index (κ1) is 11.6. The van der Waals surface area contributed by atoms with Crippen LogP contribution in [0.3, 0.4) is 0 Å². The number of benzene rings is 1. The van der Waals surface area contributed by atoms with E-state index in [1.807, 2.05) is 19.0 Å². The van der Waals surface area contributed by atoms with Gasteiger partial charge in [-0.15, -0.1) is 0 Å². The molecule has 0 bridgehead atoms. The standard InChI is InChI=1S/C11H12ClNO2S/c1-13(2)7-10-6-8-5-9(12)3-4-11(8)16(10,14)15/h3-6H,7H2,1-2H3. The molecular weight excluding hydrogens is 246 g/mol. The number of nitrogens with zero attached hydrogens (tertiary/aromatic N) is 1. The third-order valence-electron chi connectivity index (χ3n) is 2.40. The van der Waals surface area contributed by atoms with E-state index in [0.29, 0.717) is 26.9 Å². The Kier molecular flexibility index (Phi) is 2.82. The van der Waals surface area contributed by atoms with Crippen LogP contribution in [0.25, 0.3) is 6.08 Å². The molecule has 0 fully saturated rings. The predicted octanol–water partition coefficient (Wildman–Crippen LogP) is 2.03. The van der Waals surface area contributed by atoms with Crippen molar-refractivity contribution in [2.24, 2.45) is 0 Å². The van der Waals surface area contributed by atoms with Gasteiger partial charge in [-0.05, 0) is 43.9 Å². The molecule has 0 atom stereocenters. The second-order valence-electron chi connectivity index (χ2n) is 4.03. The third kappa shape index (κ3) is 1.88. The second kappa shape index (κ2) is 3.87. The van der Waals surface area contributed by atoms with Gasteiger partial charge >= 0.3 is 0 Å². The Balaban J connectivity index is 2.52. The lowest BCUT2D eigenvalue weighted by Gasteiger charge is -2.10. The highest BCUT2D eigenvalue weighted by atomic mass is 35.5. The van der Waals surface area contributed by atoms with Gasteiger partial charge in [-0.25, -0.2) is 8.42 Å². The van der Waals surface area contributed by atoms with Gasteiger partial charge in [0, 0.05) is 11.6 Å². The van der Waals surface area contributed by atoms with Crippen LogP contribution in [0, 0.1) is 0 Å². The van der Waals surface area contributed by atoms with E-state index in [-0.39, 0.29) is 0 Å². The number of sulfone groups is 1. The highest BCUT2D eigenvalue weighted by Crippen LogP contribution is 2.34. The van der Waals surface area contributed by atoms with Crippen LogP contribution in [0.1, 0.15) is 5.56 Å². The fourth-order valence-electron chi connectivity index (χ4n) is 1.71. The summed E-state index contributed by atoms with van der Waals surface area (Å²) in [6, 6.07) is 4.84. The molecule has 0 N–H and O–H groups in total. The van der Waals surface area contributed by atoms with E-state index in [9.17, 15) is 8.42 Å². The topological polar surface area (TPSA) is 37.4 Å². The van der Waals surface area contributed by atoms with Gasteiger partial charge in [-0.1, -0.05) is 11.6 Å². The van der Waals surface area contributed by atoms with E-state index in [2.05, 4.69) is 0 Å². The summed E-state index contributed by atoms with van der Waals surface area (Å²) >= 11 is 5.84. The van der Waals surface area contributed by atoms with Crippen molar-refractivity contribution in [3.8, 4) is 0 Å². The average molecular weight is 258 g/mol. The summed E-state index contributed by atoms with van der Waals surface area (Å²) in [4.78, 5) is 2.61. The van der Waals surface area contributed by atoms with E-state index < -0.39 is 9.84 Å². The zero-order valence-electron chi connectivity index (χ0n) is 9.07. The Morgan fingerprint density at radius 3 is 2.62 bits per heavy atom. The lowest BCUT2D eigenvalue weighted by Crippen LogP contribution is -2.18. The third-order valence-corrected chi connectivity index (χ3v) is 4.52. The maximum absolute atomic E-state index is 12.1. The molecule has 5 heteroatoms. The molecule has 1 aliphatic rings. The van der Waals surface area contributed by atoms with E-state index >= 15 is 0 Å². The summed E-state index contributed by atoms with van der Waals surface area (Å²) in [5.41, 5.74) is 0.685. The summed E-state index contributed by atoms with van der Waals surface area (Å²) in [6.45, 7) is 0.411. The van der Waals surface area contributed by atoms with Crippen LogP contribution < -0.4 is 0 Å². The van der Waals surface area contributed by atoms with Crippen LogP contribution in [-0.2, 0) is 9.84 Å². The van der Waals surface area contributed by atoms with Gasteiger partial charge in [-0.2, -0.15) is 0 Å². The monoisotopic (exact) mass is 257 g/mol. The van der Waals surface area contributed by atoms with Gasteiger partial charge in [0.2, 0.25) is 9.84 Å². The lowest BCUT2D eigenvalue weighted by molar-refractivity contribution is 0.451. The van der Waals surface area contributed by atoms with Crippen LogP contribution in [0.2, 0.25) is 5.02 Å². The molecule has 1 heterocycles. The van der Waals surface area contributed by atoms with Crippen molar-refractivity contribution >= 4 is 27.5 Å². The molecule has 0 spiro atoms. The molecule has 1 aromatic rings. The molecule has 0 aliphatic carbocycles. The molecule has 0 aromatic heterocycles. The molecule has 0 unspecified atom stereocenters. The fourth-order valence-corrected chi connectivity index (χ4v) is 3.56. The van der Waals surface area contributed by atoms with Gasteiger partial charge in [0.15, 0.2) is 0 Å². The zero-order chi connectivity index (χ0) is 11.9. The minimum Gasteiger partial charge on any atom is -0.304 e. The molecule has 0 radical (unpaired) electrons. The molecule has 0 saturated heterocycles. The van der Waals surface area contributed by atoms with E-state index in [4.69, 9.17) is 11.6 Å². The van der Waals surface area contributed by atoms with Crippen molar-refractivity contribution in [3.05, 3.63) is 33.7 Å². The van der Waals surface area contributed by atoms with Gasteiger partial charge in [-0.3, -0.25) is 0 Å². The van der Waals surface area contributed by atoms with Crippen molar-refractivity contribution < 1.29 is 8.42 Å². The normalized spacial score (nSPS) is 17.4. The van der Waals surface area contributed by atoms with Crippen LogP contribution >= 0.6 is 11.6 Å². The largest absolute Gasteiger partial charge is 0.304 e. The quantitative estimate of drug-likeness (QED) is 0.814. The van der Waals surface area contributed by atoms with Crippen molar-refractivity contribution in [1.82, 2.24) is 4.90 Å². The van der Waals surface area contributed by atoms with E-state index in [1.54, 1.807) is 24.3 Å². The number of hydrogen-bond donors (Lipinski definition) is 0. The summed E-state index contributed by atoms with van der Waals surface area (Å²) in [6.07, 6.45) is 1.69. The Morgan fingerprint density at radius 1 is 1.31 bits per heavy atom. The van der Waals surface area contributed by atoms with Gasteiger partial charge in [0.05, 0.1) is 9.80 Å². The second-order valence-corrected chi connectivity index (χ2v) is 6.44. The molecule has 1 aromatic carbocycles. The van der Waals surface area contributed by atoms with Gasteiger partial charge in [0.1, 0.15) is 0 Å². The minimum atomic E-state index is -3.30. The summed E-state index contributed by atoms with van der Waals surface area (Å²) in [5, 5.41) is 0.552. The minimum absolute atomic E-state index is 0.355. The highest BCUT2D eigenvalue weighted by molar-refractivity contribution is 7.95. The Morgan fingerprint density at radius 2 is 2.00 bits per heavy atom. The van der Waals surface area contributed by atoms with Crippen molar-refractivity contribution in [2.75, 3.05) is 20.6 Å². The predicted molar refractivity (Wildman–Crippen MR) is 65.2 cm³/mol. The first-order valence-corrected chi connectivity index (χ1v) is 6.67. The summed E-state index contributed by atoms with van der Waals surface area (Å²) in [7, 11) is 0.382. The Labute approximate surface area is 100 Å². The fraction of sp³-hybridized carbons (Fsp3) is 0.273. The Bertz CT molecular complexity index is 561.